The van der Waals surface area contributed by atoms with Crippen molar-refractivity contribution in [1.29, 1.82) is 0 Å². The second kappa shape index (κ2) is 24.7. The minimum atomic E-state index is -2.39. The van der Waals surface area contributed by atoms with Crippen LogP contribution in [0.25, 0.3) is 0 Å². The molecule has 4 rings (SSSR count). The van der Waals surface area contributed by atoms with Gasteiger partial charge in [-0.3, -0.25) is 19.2 Å². The number of ketones is 3. The van der Waals surface area contributed by atoms with Gasteiger partial charge in [-0.1, -0.05) is 84.9 Å². The Kier molecular flexibility index (Phi) is 20.8. The number of carbonyl (C=O) groups is 5. The predicted octanol–water partition coefficient (Wildman–Crippen LogP) is 8.79. The van der Waals surface area contributed by atoms with E-state index >= 15 is 0 Å². The van der Waals surface area contributed by atoms with Gasteiger partial charge in [-0.2, -0.15) is 11.8 Å². The largest absolute Gasteiger partial charge is 0.460 e. The lowest BCUT2D eigenvalue weighted by molar-refractivity contribution is -0.265. The zero-order chi connectivity index (χ0) is 47.5. The highest BCUT2D eigenvalue weighted by Crippen LogP contribution is 2.40. The highest BCUT2D eigenvalue weighted by Gasteiger charge is 2.53. The summed E-state index contributed by atoms with van der Waals surface area (Å²) in [5, 5.41) is 23.9. The Morgan fingerprint density at radius 3 is 2.30 bits per heavy atom. The van der Waals surface area contributed by atoms with Crippen LogP contribution in [0.2, 0.25) is 0 Å². The van der Waals surface area contributed by atoms with Crippen molar-refractivity contribution in [1.82, 2.24) is 4.90 Å². The van der Waals surface area contributed by atoms with Crippen LogP contribution in [0.4, 0.5) is 0 Å². The van der Waals surface area contributed by atoms with Crippen LogP contribution in [0.1, 0.15) is 139 Å². The van der Waals surface area contributed by atoms with Crippen LogP contribution >= 0.6 is 11.8 Å². The molecule has 0 aromatic heterocycles. The van der Waals surface area contributed by atoms with E-state index in [1.807, 2.05) is 62.9 Å². The van der Waals surface area contributed by atoms with Gasteiger partial charge in [-0.25, -0.2) is 4.79 Å². The number of esters is 1. The number of methoxy groups -OCH3 is 1. The Bertz CT molecular complexity index is 1740. The average Bonchev–Trinajstić information content (AvgIpc) is 3.27. The molecule has 2 saturated heterocycles. The van der Waals surface area contributed by atoms with E-state index in [0.29, 0.717) is 61.2 Å². The summed E-state index contributed by atoms with van der Waals surface area (Å²) in [6.07, 6.45) is 18.1. The number of aliphatic hydroxyl groups excluding tert-OH is 1. The molecule has 0 radical (unpaired) electrons. The van der Waals surface area contributed by atoms with Crippen LogP contribution in [0.15, 0.2) is 47.6 Å². The average molecular weight is 912 g/mol. The van der Waals surface area contributed by atoms with Crippen molar-refractivity contribution in [3.63, 3.8) is 0 Å². The second-order valence-electron chi connectivity index (χ2n) is 20.1. The highest BCUT2D eigenvalue weighted by molar-refractivity contribution is 7.99. The number of rotatable bonds is 5. The molecule has 3 fully saturated rings. The van der Waals surface area contributed by atoms with Crippen molar-refractivity contribution in [2.45, 2.75) is 181 Å². The van der Waals surface area contributed by atoms with Crippen LogP contribution < -0.4 is 0 Å². The number of piperidine rings is 1. The number of allylic oxidation sites excluding steroid dienone is 6. The standard InChI is InChI=1S/C52H81NO10S/c1-31-17-13-12-14-18-32(2)44(61-10)29-41-22-20-38(8)52(60,63-41)49(57)50(58)53-24-16-15-19-42(53)51(59)62-45(34(4)27-40-21-23-46(64-11)35(5)28-40)30-43(54)33(3)26-37(7)48(56)39(9)47(55)36(6)25-31/h12-14,17-18,26,31,33-36,38-42,44-46,48,56,60H,15-16,19-25,27-30H2,1-11H3/b14-12+,17-13+,32-18+,37-26+/t31-,33-,34-,35-,36-,38-,39+,40+,41+,42?,44+,45+,46-,48-,52-/m1/s1. The first-order chi connectivity index (χ1) is 30.2. The summed E-state index contributed by atoms with van der Waals surface area (Å²) in [5.41, 5.74) is 1.44. The van der Waals surface area contributed by atoms with Gasteiger partial charge in [0.15, 0.2) is 0 Å². The maximum atomic E-state index is 14.4. The van der Waals surface area contributed by atoms with Gasteiger partial charge in [-0.15, -0.1) is 0 Å². The molecule has 360 valence electrons. The number of amides is 1. The first kappa shape index (κ1) is 53.7. The first-order valence-electron chi connectivity index (χ1n) is 24.2. The van der Waals surface area contributed by atoms with E-state index in [2.05, 4.69) is 20.1 Å². The monoisotopic (exact) mass is 912 g/mol. The summed E-state index contributed by atoms with van der Waals surface area (Å²) in [4.78, 5) is 71.8. The van der Waals surface area contributed by atoms with E-state index in [0.717, 1.165) is 31.3 Å². The zero-order valence-corrected chi connectivity index (χ0v) is 41.6. The third-order valence-corrected chi connectivity index (χ3v) is 16.2. The Balaban J connectivity index is 1.68. The van der Waals surface area contributed by atoms with E-state index in [1.54, 1.807) is 40.9 Å². The van der Waals surface area contributed by atoms with E-state index in [9.17, 15) is 34.2 Å². The highest BCUT2D eigenvalue weighted by atomic mass is 32.2. The lowest BCUT2D eigenvalue weighted by Gasteiger charge is -2.42. The molecule has 3 aliphatic heterocycles. The molecular weight excluding hydrogens is 831 g/mol. The van der Waals surface area contributed by atoms with Crippen molar-refractivity contribution >= 4 is 41.0 Å². The smallest absolute Gasteiger partial charge is 0.329 e. The van der Waals surface area contributed by atoms with Gasteiger partial charge in [0.25, 0.3) is 11.7 Å². The molecule has 1 amide bonds. The van der Waals surface area contributed by atoms with Crippen molar-refractivity contribution in [3.05, 3.63) is 47.6 Å². The first-order valence-corrected chi connectivity index (χ1v) is 25.5. The number of carbonyl (C=O) groups excluding carboxylic acids is 5. The van der Waals surface area contributed by atoms with Crippen molar-refractivity contribution in [3.8, 4) is 0 Å². The van der Waals surface area contributed by atoms with Crippen molar-refractivity contribution in [2.24, 2.45) is 47.3 Å². The number of Topliss-reactive ketones (excluding diaryl/α,β-unsaturated/α-hetero) is 3. The Morgan fingerprint density at radius 2 is 1.62 bits per heavy atom. The number of thioether (sulfide) groups is 1. The Hall–Kier alpha value is -2.90. The van der Waals surface area contributed by atoms with E-state index in [1.165, 1.54) is 4.90 Å². The lowest BCUT2D eigenvalue weighted by atomic mass is 9.76. The summed E-state index contributed by atoms with van der Waals surface area (Å²) >= 11 is 1.90. The van der Waals surface area contributed by atoms with Crippen LogP contribution in [0.5, 0.6) is 0 Å². The predicted molar refractivity (Wildman–Crippen MR) is 253 cm³/mol. The number of ether oxygens (including phenoxy) is 3. The second-order valence-corrected chi connectivity index (χ2v) is 21.2. The molecular formula is C52H81NO10S. The number of hydrogen-bond donors (Lipinski definition) is 2. The number of nitrogens with zero attached hydrogens (tertiary/aromatic N) is 1. The SMILES string of the molecule is CO[C@H]1C[C@@H]2CC[C@@H](C)[C@@](O)(O2)C(=O)C(=O)N2CCCCC2C(=O)O[C@H]([C@H](C)C[C@@H]2CC[C@@H](SC)[C@H](C)C2)CC(=O)[C@H](C)/C=C(\C)[C@@H](O)[C@@H](C)C(=O)[C@H](C)C[C@H](C)/C=C/C=C/C=C/1C. The molecule has 2 bridgehead atoms. The third-order valence-electron chi connectivity index (χ3n) is 14.9. The summed E-state index contributed by atoms with van der Waals surface area (Å²) in [6, 6.07) is -1.07. The minimum Gasteiger partial charge on any atom is -0.460 e. The van der Waals surface area contributed by atoms with Gasteiger partial charge in [-0.05, 0) is 119 Å². The summed E-state index contributed by atoms with van der Waals surface area (Å²) in [6.45, 7) is 17.2. The topological polar surface area (TPSA) is 157 Å². The molecule has 0 spiro atoms. The Morgan fingerprint density at radius 1 is 0.906 bits per heavy atom. The molecule has 4 aliphatic rings. The molecule has 15 atom stereocenters. The minimum absolute atomic E-state index is 0.0448. The van der Waals surface area contributed by atoms with Gasteiger partial charge >= 0.3 is 5.97 Å². The molecule has 1 aliphatic carbocycles. The molecule has 64 heavy (non-hydrogen) atoms. The summed E-state index contributed by atoms with van der Waals surface area (Å²) < 4.78 is 18.4. The normalized spacial score (nSPS) is 40.9. The zero-order valence-electron chi connectivity index (χ0n) is 40.8. The lowest BCUT2D eigenvalue weighted by Crippen LogP contribution is -2.61. The molecule has 2 N–H and O–H groups in total. The molecule has 1 unspecified atom stereocenters. The third kappa shape index (κ3) is 14.1. The van der Waals surface area contributed by atoms with Crippen LogP contribution in [0, 0.1) is 47.3 Å². The van der Waals surface area contributed by atoms with Crippen molar-refractivity contribution < 1.29 is 48.4 Å². The van der Waals surface area contributed by atoms with E-state index in [-0.39, 0.29) is 54.8 Å². The van der Waals surface area contributed by atoms with Gasteiger partial charge in [0.2, 0.25) is 5.79 Å². The van der Waals surface area contributed by atoms with Gasteiger partial charge in [0, 0.05) is 55.4 Å². The fourth-order valence-electron chi connectivity index (χ4n) is 10.6. The molecule has 0 aromatic rings. The molecule has 3 heterocycles. The summed E-state index contributed by atoms with van der Waals surface area (Å²) in [7, 11) is 1.60. The van der Waals surface area contributed by atoms with E-state index < -0.39 is 65.6 Å². The van der Waals surface area contributed by atoms with Gasteiger partial charge in [0.1, 0.15) is 23.7 Å². The molecule has 11 nitrogen and oxygen atoms in total. The number of fused-ring (bicyclic) bond motifs is 3. The Labute approximate surface area is 388 Å². The van der Waals surface area contributed by atoms with Crippen LogP contribution in [-0.2, 0) is 38.2 Å². The van der Waals surface area contributed by atoms with Gasteiger partial charge in [0.05, 0.1) is 18.3 Å². The number of hydrogen-bond acceptors (Lipinski definition) is 11. The molecule has 1 saturated carbocycles. The fourth-order valence-corrected chi connectivity index (χ4v) is 11.5. The van der Waals surface area contributed by atoms with Crippen molar-refractivity contribution in [2.75, 3.05) is 19.9 Å². The summed E-state index contributed by atoms with van der Waals surface area (Å²) in [5.74, 6) is -6.82. The van der Waals surface area contributed by atoms with E-state index in [4.69, 9.17) is 14.2 Å². The maximum absolute atomic E-state index is 14.4. The fraction of sp³-hybridized carbons (Fsp3) is 0.750. The molecule has 0 aromatic carbocycles. The van der Waals surface area contributed by atoms with Crippen LogP contribution in [-0.4, -0.2) is 106 Å². The molecule has 12 heteroatoms. The number of aliphatic hydroxyl groups is 2. The van der Waals surface area contributed by atoms with Gasteiger partial charge < -0.3 is 29.3 Å². The van der Waals surface area contributed by atoms with Crippen LogP contribution in [0.3, 0.4) is 0 Å². The maximum Gasteiger partial charge on any atom is 0.329 e. The number of cyclic esters (lactones) is 1. The quantitative estimate of drug-likeness (QED) is 0.154.